The molecule has 1 aliphatic rings. The number of carbonyl (C=O) groups is 1. The molecule has 1 heterocycles. The van der Waals surface area contributed by atoms with Crippen LogP contribution in [0.15, 0.2) is 42.5 Å². The molecule has 27 heavy (non-hydrogen) atoms. The second-order valence-corrected chi connectivity index (χ2v) is 6.91. The van der Waals surface area contributed by atoms with Crippen LogP contribution in [-0.2, 0) is 4.79 Å². The Morgan fingerprint density at radius 1 is 1.33 bits per heavy atom. The molecule has 2 aromatic rings. The van der Waals surface area contributed by atoms with E-state index in [9.17, 15) is 9.18 Å². The number of nitrogens with one attached hydrogen (secondary N) is 2. The van der Waals surface area contributed by atoms with Crippen molar-refractivity contribution in [1.82, 2.24) is 10.2 Å². The SMILES string of the molecule is Cc1ccc([C@@H](Nc2ccc(C#N)cc2)C(=O)N2CCN[C@H](C)C2)cc1F. The summed E-state index contributed by atoms with van der Waals surface area (Å²) in [6.07, 6.45) is 0. The molecule has 5 nitrogen and oxygen atoms in total. The van der Waals surface area contributed by atoms with Gasteiger partial charge in [-0.15, -0.1) is 0 Å². The summed E-state index contributed by atoms with van der Waals surface area (Å²) in [6, 6.07) is 13.4. The average molecular weight is 366 g/mol. The lowest BCUT2D eigenvalue weighted by Gasteiger charge is -2.35. The van der Waals surface area contributed by atoms with Crippen molar-refractivity contribution in [2.75, 3.05) is 25.0 Å². The van der Waals surface area contributed by atoms with Gasteiger partial charge in [-0.1, -0.05) is 12.1 Å². The van der Waals surface area contributed by atoms with Gasteiger partial charge >= 0.3 is 0 Å². The lowest BCUT2D eigenvalue weighted by atomic mass is 10.0. The Labute approximate surface area is 158 Å². The second-order valence-electron chi connectivity index (χ2n) is 6.91. The number of amides is 1. The van der Waals surface area contributed by atoms with E-state index in [1.54, 1.807) is 48.2 Å². The summed E-state index contributed by atoms with van der Waals surface area (Å²) in [5.41, 5.74) is 2.37. The highest BCUT2D eigenvalue weighted by Gasteiger charge is 2.29. The maximum atomic E-state index is 14.1. The summed E-state index contributed by atoms with van der Waals surface area (Å²) in [4.78, 5) is 15.0. The van der Waals surface area contributed by atoms with Crippen LogP contribution >= 0.6 is 0 Å². The van der Waals surface area contributed by atoms with Crippen molar-refractivity contribution in [1.29, 1.82) is 5.26 Å². The topological polar surface area (TPSA) is 68.2 Å². The van der Waals surface area contributed by atoms with Gasteiger partial charge in [-0.2, -0.15) is 5.26 Å². The maximum Gasteiger partial charge on any atom is 0.249 e. The van der Waals surface area contributed by atoms with Crippen LogP contribution in [0, 0.1) is 24.1 Å². The first kappa shape index (κ1) is 18.9. The minimum atomic E-state index is -0.696. The highest BCUT2D eigenvalue weighted by Crippen LogP contribution is 2.24. The van der Waals surface area contributed by atoms with Gasteiger partial charge in [-0.05, 0) is 55.3 Å². The molecule has 6 heteroatoms. The number of anilines is 1. The third-order valence-corrected chi connectivity index (χ3v) is 4.78. The van der Waals surface area contributed by atoms with E-state index >= 15 is 0 Å². The van der Waals surface area contributed by atoms with Gasteiger partial charge in [0, 0.05) is 31.4 Å². The van der Waals surface area contributed by atoms with Crippen LogP contribution in [-0.4, -0.2) is 36.5 Å². The van der Waals surface area contributed by atoms with Crippen molar-refractivity contribution in [3.8, 4) is 6.07 Å². The van der Waals surface area contributed by atoms with Gasteiger partial charge in [-0.3, -0.25) is 4.79 Å². The van der Waals surface area contributed by atoms with Gasteiger partial charge in [0.25, 0.3) is 0 Å². The largest absolute Gasteiger partial charge is 0.370 e. The quantitative estimate of drug-likeness (QED) is 0.873. The number of aryl methyl sites for hydroxylation is 1. The molecule has 2 aromatic carbocycles. The van der Waals surface area contributed by atoms with E-state index in [1.165, 1.54) is 6.07 Å². The fourth-order valence-electron chi connectivity index (χ4n) is 3.20. The predicted octanol–water partition coefficient (Wildman–Crippen LogP) is 2.98. The first-order chi connectivity index (χ1) is 13.0. The second kappa shape index (κ2) is 8.19. The normalized spacial score (nSPS) is 17.9. The molecule has 0 saturated carbocycles. The number of rotatable bonds is 4. The molecule has 0 bridgehead atoms. The van der Waals surface area contributed by atoms with E-state index < -0.39 is 6.04 Å². The van der Waals surface area contributed by atoms with E-state index in [1.807, 2.05) is 6.92 Å². The smallest absolute Gasteiger partial charge is 0.249 e. The van der Waals surface area contributed by atoms with Crippen LogP contribution in [0.3, 0.4) is 0 Å². The number of hydrogen-bond acceptors (Lipinski definition) is 4. The zero-order valence-electron chi connectivity index (χ0n) is 15.5. The highest BCUT2D eigenvalue weighted by atomic mass is 19.1. The van der Waals surface area contributed by atoms with E-state index in [0.717, 1.165) is 6.54 Å². The van der Waals surface area contributed by atoms with E-state index in [0.29, 0.717) is 35.5 Å². The molecule has 1 aliphatic heterocycles. The van der Waals surface area contributed by atoms with Crippen molar-refractivity contribution < 1.29 is 9.18 Å². The van der Waals surface area contributed by atoms with Crippen LogP contribution in [0.2, 0.25) is 0 Å². The van der Waals surface area contributed by atoms with E-state index in [-0.39, 0.29) is 17.8 Å². The molecule has 140 valence electrons. The number of carbonyl (C=O) groups excluding carboxylic acids is 1. The zero-order valence-corrected chi connectivity index (χ0v) is 15.5. The molecule has 0 unspecified atom stereocenters. The average Bonchev–Trinajstić information content (AvgIpc) is 2.68. The maximum absolute atomic E-state index is 14.1. The summed E-state index contributed by atoms with van der Waals surface area (Å²) in [5, 5.41) is 15.5. The van der Waals surface area contributed by atoms with Crippen molar-refractivity contribution in [3.63, 3.8) is 0 Å². The van der Waals surface area contributed by atoms with Crippen LogP contribution < -0.4 is 10.6 Å². The molecule has 2 N–H and O–H groups in total. The summed E-state index contributed by atoms with van der Waals surface area (Å²) < 4.78 is 14.1. The standard InChI is InChI=1S/C21H23FN4O/c1-14-3-6-17(11-19(14)22)20(21(27)26-10-9-24-15(2)13-26)25-18-7-4-16(12-23)5-8-18/h3-8,11,15,20,24-25H,9-10,13H2,1-2H3/t15-,20-/m1/s1. The first-order valence-electron chi connectivity index (χ1n) is 9.03. The van der Waals surface area contributed by atoms with Gasteiger partial charge < -0.3 is 15.5 Å². The van der Waals surface area contributed by atoms with Crippen LogP contribution in [0.4, 0.5) is 10.1 Å². The molecule has 3 rings (SSSR count). The third-order valence-electron chi connectivity index (χ3n) is 4.78. The number of hydrogen-bond donors (Lipinski definition) is 2. The summed E-state index contributed by atoms with van der Waals surface area (Å²) in [5.74, 6) is -0.420. The minimum absolute atomic E-state index is 0.0871. The monoisotopic (exact) mass is 366 g/mol. The molecule has 0 radical (unpaired) electrons. The highest BCUT2D eigenvalue weighted by molar-refractivity contribution is 5.86. The first-order valence-corrected chi connectivity index (χ1v) is 9.03. The Balaban J connectivity index is 1.90. The predicted molar refractivity (Wildman–Crippen MR) is 103 cm³/mol. The molecule has 1 fully saturated rings. The number of piperazine rings is 1. The van der Waals surface area contributed by atoms with E-state index in [2.05, 4.69) is 16.7 Å². The number of halogens is 1. The molecular weight excluding hydrogens is 343 g/mol. The van der Waals surface area contributed by atoms with Gasteiger partial charge in [0.2, 0.25) is 5.91 Å². The summed E-state index contributed by atoms with van der Waals surface area (Å²) >= 11 is 0. The number of nitriles is 1. The third kappa shape index (κ3) is 4.44. The van der Waals surface area contributed by atoms with Gasteiger partial charge in [0.05, 0.1) is 11.6 Å². The fraction of sp³-hybridized carbons (Fsp3) is 0.333. The van der Waals surface area contributed by atoms with Crippen LogP contribution in [0.1, 0.15) is 29.7 Å². The number of benzene rings is 2. The molecule has 1 amide bonds. The van der Waals surface area contributed by atoms with Crippen molar-refractivity contribution in [3.05, 3.63) is 65.0 Å². The summed E-state index contributed by atoms with van der Waals surface area (Å²) in [6.45, 7) is 5.69. The van der Waals surface area contributed by atoms with E-state index in [4.69, 9.17) is 5.26 Å². The Bertz CT molecular complexity index is 859. The molecule has 2 atom stereocenters. The minimum Gasteiger partial charge on any atom is -0.370 e. The van der Waals surface area contributed by atoms with Crippen molar-refractivity contribution in [2.45, 2.75) is 25.9 Å². The zero-order chi connectivity index (χ0) is 19.4. The van der Waals surface area contributed by atoms with Gasteiger partial charge in [0.1, 0.15) is 11.9 Å². The molecule has 0 aromatic heterocycles. The van der Waals surface area contributed by atoms with Gasteiger partial charge in [0.15, 0.2) is 0 Å². The van der Waals surface area contributed by atoms with Crippen molar-refractivity contribution >= 4 is 11.6 Å². The fourth-order valence-corrected chi connectivity index (χ4v) is 3.20. The van der Waals surface area contributed by atoms with Crippen LogP contribution in [0.25, 0.3) is 0 Å². The van der Waals surface area contributed by atoms with Crippen molar-refractivity contribution in [2.24, 2.45) is 0 Å². The molecule has 0 spiro atoms. The lowest BCUT2D eigenvalue weighted by Crippen LogP contribution is -2.53. The summed E-state index contributed by atoms with van der Waals surface area (Å²) in [7, 11) is 0. The Morgan fingerprint density at radius 2 is 2.07 bits per heavy atom. The Morgan fingerprint density at radius 3 is 2.70 bits per heavy atom. The Kier molecular flexibility index (Phi) is 5.72. The lowest BCUT2D eigenvalue weighted by molar-refractivity contribution is -0.133. The van der Waals surface area contributed by atoms with Gasteiger partial charge in [-0.25, -0.2) is 4.39 Å². The Hall–Kier alpha value is -2.91. The number of nitrogens with zero attached hydrogens (tertiary/aromatic N) is 2. The molecular formula is C21H23FN4O. The molecule has 1 saturated heterocycles. The molecule has 0 aliphatic carbocycles. The van der Waals surface area contributed by atoms with Crippen LogP contribution in [0.5, 0.6) is 0 Å².